The minimum absolute atomic E-state index is 0.466. The molecular formula is C14H23NS. The SMILES string of the molecule is CCSCCCN[C@H](C)c1ccccc1C. The number of nitrogens with one attached hydrogen (secondary N) is 1. The molecule has 0 unspecified atom stereocenters. The first-order chi connectivity index (χ1) is 7.75. The van der Waals surface area contributed by atoms with Crippen LogP contribution in [-0.2, 0) is 0 Å². The van der Waals surface area contributed by atoms with Gasteiger partial charge in [-0.05, 0) is 49.4 Å². The molecule has 0 aromatic heterocycles. The molecule has 0 bridgehead atoms. The zero-order valence-electron chi connectivity index (χ0n) is 10.6. The molecule has 90 valence electrons. The molecule has 1 nitrogen and oxygen atoms in total. The Morgan fingerprint density at radius 1 is 1.31 bits per heavy atom. The van der Waals surface area contributed by atoms with Gasteiger partial charge in [0.05, 0.1) is 0 Å². The van der Waals surface area contributed by atoms with Crippen LogP contribution in [-0.4, -0.2) is 18.1 Å². The van der Waals surface area contributed by atoms with Crippen molar-refractivity contribution in [3.05, 3.63) is 35.4 Å². The summed E-state index contributed by atoms with van der Waals surface area (Å²) in [6, 6.07) is 9.08. The van der Waals surface area contributed by atoms with Gasteiger partial charge in [0.1, 0.15) is 0 Å². The van der Waals surface area contributed by atoms with Gasteiger partial charge in [-0.2, -0.15) is 11.8 Å². The molecule has 0 aliphatic heterocycles. The van der Waals surface area contributed by atoms with E-state index in [1.54, 1.807) is 0 Å². The van der Waals surface area contributed by atoms with Gasteiger partial charge in [0.2, 0.25) is 0 Å². The molecule has 0 saturated heterocycles. The Balaban J connectivity index is 2.30. The fourth-order valence-corrected chi connectivity index (χ4v) is 2.46. The Kier molecular flexibility index (Phi) is 6.58. The maximum atomic E-state index is 3.59. The minimum Gasteiger partial charge on any atom is -0.310 e. The summed E-state index contributed by atoms with van der Waals surface area (Å²) in [5, 5.41) is 3.59. The van der Waals surface area contributed by atoms with Crippen molar-refractivity contribution in [3.8, 4) is 0 Å². The smallest absolute Gasteiger partial charge is 0.0294 e. The second-order valence-electron chi connectivity index (χ2n) is 4.08. The summed E-state index contributed by atoms with van der Waals surface area (Å²) in [7, 11) is 0. The summed E-state index contributed by atoms with van der Waals surface area (Å²) in [5.41, 5.74) is 2.80. The Morgan fingerprint density at radius 2 is 2.06 bits per heavy atom. The van der Waals surface area contributed by atoms with Crippen molar-refractivity contribution in [1.29, 1.82) is 0 Å². The van der Waals surface area contributed by atoms with Crippen molar-refractivity contribution < 1.29 is 0 Å². The Labute approximate surface area is 104 Å². The number of rotatable bonds is 7. The highest BCUT2D eigenvalue weighted by molar-refractivity contribution is 7.99. The van der Waals surface area contributed by atoms with Crippen LogP contribution in [0.2, 0.25) is 0 Å². The molecule has 0 aliphatic rings. The third-order valence-corrected chi connectivity index (χ3v) is 3.76. The van der Waals surface area contributed by atoms with Gasteiger partial charge >= 0.3 is 0 Å². The van der Waals surface area contributed by atoms with Crippen molar-refractivity contribution in [2.45, 2.75) is 33.2 Å². The van der Waals surface area contributed by atoms with Gasteiger partial charge in [-0.25, -0.2) is 0 Å². The molecule has 1 atom stereocenters. The van der Waals surface area contributed by atoms with Crippen molar-refractivity contribution >= 4 is 11.8 Å². The van der Waals surface area contributed by atoms with E-state index < -0.39 is 0 Å². The summed E-state index contributed by atoms with van der Waals surface area (Å²) >= 11 is 2.02. The highest BCUT2D eigenvalue weighted by Gasteiger charge is 2.05. The van der Waals surface area contributed by atoms with E-state index in [-0.39, 0.29) is 0 Å². The Hall–Kier alpha value is -0.470. The first kappa shape index (κ1) is 13.6. The van der Waals surface area contributed by atoms with Crippen molar-refractivity contribution in [3.63, 3.8) is 0 Å². The standard InChI is InChI=1S/C14H23NS/c1-4-16-11-7-10-15-13(3)14-9-6-5-8-12(14)2/h5-6,8-9,13,15H,4,7,10-11H2,1-3H3/t13-/m1/s1. The lowest BCUT2D eigenvalue weighted by Crippen LogP contribution is -2.21. The normalized spacial score (nSPS) is 12.7. The molecule has 0 amide bonds. The van der Waals surface area contributed by atoms with Gasteiger partial charge < -0.3 is 5.32 Å². The first-order valence-corrected chi connectivity index (χ1v) is 7.27. The van der Waals surface area contributed by atoms with Crippen LogP contribution < -0.4 is 5.32 Å². The number of hydrogen-bond donors (Lipinski definition) is 1. The van der Waals surface area contributed by atoms with Crippen LogP contribution in [0.25, 0.3) is 0 Å². The monoisotopic (exact) mass is 237 g/mol. The van der Waals surface area contributed by atoms with Crippen LogP contribution in [0.4, 0.5) is 0 Å². The molecule has 0 saturated carbocycles. The maximum absolute atomic E-state index is 3.59. The lowest BCUT2D eigenvalue weighted by molar-refractivity contribution is 0.570. The second kappa shape index (κ2) is 7.75. The third-order valence-electron chi connectivity index (χ3n) is 2.78. The van der Waals surface area contributed by atoms with Gasteiger partial charge in [0.15, 0.2) is 0 Å². The highest BCUT2D eigenvalue weighted by atomic mass is 32.2. The first-order valence-electron chi connectivity index (χ1n) is 6.12. The summed E-state index contributed by atoms with van der Waals surface area (Å²) in [5.74, 6) is 2.50. The summed E-state index contributed by atoms with van der Waals surface area (Å²) < 4.78 is 0. The van der Waals surface area contributed by atoms with Gasteiger partial charge in [-0.3, -0.25) is 0 Å². The molecule has 1 aromatic rings. The maximum Gasteiger partial charge on any atom is 0.0294 e. The topological polar surface area (TPSA) is 12.0 Å². The van der Waals surface area contributed by atoms with E-state index in [1.165, 1.54) is 29.1 Å². The molecular weight excluding hydrogens is 214 g/mol. The molecule has 0 radical (unpaired) electrons. The van der Waals surface area contributed by atoms with Crippen molar-refractivity contribution in [2.75, 3.05) is 18.1 Å². The van der Waals surface area contributed by atoms with Gasteiger partial charge in [-0.15, -0.1) is 0 Å². The van der Waals surface area contributed by atoms with E-state index in [2.05, 4.69) is 50.4 Å². The zero-order chi connectivity index (χ0) is 11.8. The van der Waals surface area contributed by atoms with Gasteiger partial charge in [-0.1, -0.05) is 31.2 Å². The third kappa shape index (κ3) is 4.58. The average molecular weight is 237 g/mol. The fourth-order valence-electron chi connectivity index (χ4n) is 1.82. The summed E-state index contributed by atoms with van der Waals surface area (Å²) in [4.78, 5) is 0. The molecule has 1 rings (SSSR count). The molecule has 0 heterocycles. The number of aryl methyl sites for hydroxylation is 1. The lowest BCUT2D eigenvalue weighted by Gasteiger charge is -2.16. The van der Waals surface area contributed by atoms with E-state index in [0.29, 0.717) is 6.04 Å². The highest BCUT2D eigenvalue weighted by Crippen LogP contribution is 2.16. The van der Waals surface area contributed by atoms with E-state index in [4.69, 9.17) is 0 Å². The molecule has 2 heteroatoms. The fraction of sp³-hybridized carbons (Fsp3) is 0.571. The largest absolute Gasteiger partial charge is 0.310 e. The molecule has 16 heavy (non-hydrogen) atoms. The van der Waals surface area contributed by atoms with Crippen LogP contribution in [0.1, 0.15) is 37.4 Å². The van der Waals surface area contributed by atoms with Crippen molar-refractivity contribution in [1.82, 2.24) is 5.32 Å². The van der Waals surface area contributed by atoms with E-state index in [0.717, 1.165) is 6.54 Å². The van der Waals surface area contributed by atoms with Crippen molar-refractivity contribution in [2.24, 2.45) is 0 Å². The summed E-state index contributed by atoms with van der Waals surface area (Å²) in [6.45, 7) is 7.76. The van der Waals surface area contributed by atoms with Gasteiger partial charge in [0.25, 0.3) is 0 Å². The molecule has 0 spiro atoms. The summed E-state index contributed by atoms with van der Waals surface area (Å²) in [6.07, 6.45) is 1.26. The van der Waals surface area contributed by atoms with Crippen LogP contribution in [0.3, 0.4) is 0 Å². The second-order valence-corrected chi connectivity index (χ2v) is 5.48. The van der Waals surface area contributed by atoms with Crippen LogP contribution in [0, 0.1) is 6.92 Å². The molecule has 1 aromatic carbocycles. The van der Waals surface area contributed by atoms with E-state index in [9.17, 15) is 0 Å². The Bertz CT molecular complexity index is 299. The molecule has 0 fully saturated rings. The molecule has 1 N–H and O–H groups in total. The number of thioether (sulfide) groups is 1. The number of benzene rings is 1. The van der Waals surface area contributed by atoms with Gasteiger partial charge in [0, 0.05) is 6.04 Å². The molecule has 0 aliphatic carbocycles. The Morgan fingerprint density at radius 3 is 2.75 bits per heavy atom. The van der Waals surface area contributed by atoms with E-state index in [1.807, 2.05) is 11.8 Å². The van der Waals surface area contributed by atoms with Crippen LogP contribution in [0.5, 0.6) is 0 Å². The van der Waals surface area contributed by atoms with E-state index >= 15 is 0 Å². The lowest BCUT2D eigenvalue weighted by atomic mass is 10.0. The minimum atomic E-state index is 0.466. The predicted molar refractivity (Wildman–Crippen MR) is 75.2 cm³/mol. The quantitative estimate of drug-likeness (QED) is 0.724. The number of hydrogen-bond acceptors (Lipinski definition) is 2. The predicted octanol–water partition coefficient (Wildman–Crippen LogP) is 3.79. The zero-order valence-corrected chi connectivity index (χ0v) is 11.4. The van der Waals surface area contributed by atoms with Crippen LogP contribution in [0.15, 0.2) is 24.3 Å². The average Bonchev–Trinajstić information content (AvgIpc) is 2.29. The van der Waals surface area contributed by atoms with Crippen LogP contribution >= 0.6 is 11.8 Å².